The Hall–Kier alpha value is -1.11. The minimum atomic E-state index is -0.327. The van der Waals surface area contributed by atoms with Crippen LogP contribution in [-0.2, 0) is 9.47 Å². The van der Waals surface area contributed by atoms with E-state index in [2.05, 4.69) is 15.9 Å². The molecule has 0 unspecified atom stereocenters. The molecule has 96 valence electrons. The first-order valence-corrected chi connectivity index (χ1v) is 6.69. The summed E-state index contributed by atoms with van der Waals surface area (Å²) in [6.45, 7) is 0.180. The van der Waals surface area contributed by atoms with Crippen molar-refractivity contribution in [1.82, 2.24) is 0 Å². The van der Waals surface area contributed by atoms with Crippen molar-refractivity contribution >= 4 is 43.3 Å². The monoisotopic (exact) mass is 330 g/mol. The summed E-state index contributed by atoms with van der Waals surface area (Å²) < 4.78 is 16.8. The molecule has 2 aromatic rings. The maximum absolute atomic E-state index is 11.5. The lowest BCUT2D eigenvalue weighted by Gasteiger charge is -2.06. The Morgan fingerprint density at radius 1 is 1.33 bits per heavy atom. The molecule has 0 amide bonds. The second-order valence-corrected chi connectivity index (χ2v) is 5.41. The summed E-state index contributed by atoms with van der Waals surface area (Å²) in [7, 11) is 2.93. The van der Waals surface area contributed by atoms with Gasteiger partial charge >= 0.3 is 5.97 Å². The zero-order valence-corrected chi connectivity index (χ0v) is 12.3. The van der Waals surface area contributed by atoms with Gasteiger partial charge in [0.05, 0.1) is 11.6 Å². The van der Waals surface area contributed by atoms with Crippen molar-refractivity contribution in [3.05, 3.63) is 27.5 Å². The normalized spacial score (nSPS) is 10.6. The van der Waals surface area contributed by atoms with Crippen molar-refractivity contribution in [2.45, 2.75) is 0 Å². The molecule has 6 heteroatoms. The molecule has 18 heavy (non-hydrogen) atoms. The Kier molecular flexibility index (Phi) is 4.21. The lowest BCUT2D eigenvalue weighted by Crippen LogP contribution is -1.98. The van der Waals surface area contributed by atoms with E-state index >= 15 is 0 Å². The highest BCUT2D eigenvalue weighted by Crippen LogP contribution is 2.35. The van der Waals surface area contributed by atoms with Crippen molar-refractivity contribution in [2.75, 3.05) is 21.0 Å². The van der Waals surface area contributed by atoms with Crippen LogP contribution in [0.4, 0.5) is 0 Å². The first kappa shape index (κ1) is 13.3. The number of hydrogen-bond acceptors (Lipinski definition) is 5. The Bertz CT molecular complexity index is 579. The van der Waals surface area contributed by atoms with E-state index in [0.717, 1.165) is 14.6 Å². The van der Waals surface area contributed by atoms with Crippen molar-refractivity contribution in [3.8, 4) is 5.75 Å². The average molecular weight is 331 g/mol. The number of fused-ring (bicyclic) bond motifs is 1. The number of hydrogen-bond donors (Lipinski definition) is 0. The number of halogens is 1. The molecule has 0 saturated heterocycles. The summed E-state index contributed by atoms with van der Waals surface area (Å²) in [5.41, 5.74) is 0. The Morgan fingerprint density at radius 2 is 2.11 bits per heavy atom. The number of benzene rings is 1. The van der Waals surface area contributed by atoms with Crippen molar-refractivity contribution in [2.24, 2.45) is 0 Å². The summed E-state index contributed by atoms with van der Waals surface area (Å²) in [6.07, 6.45) is 0. The highest BCUT2D eigenvalue weighted by atomic mass is 79.9. The highest BCUT2D eigenvalue weighted by molar-refractivity contribution is 9.10. The van der Waals surface area contributed by atoms with Gasteiger partial charge in [-0.3, -0.25) is 0 Å². The number of thiophene rings is 1. The van der Waals surface area contributed by atoms with Crippen molar-refractivity contribution in [1.29, 1.82) is 0 Å². The van der Waals surface area contributed by atoms with Gasteiger partial charge in [-0.1, -0.05) is 0 Å². The van der Waals surface area contributed by atoms with Gasteiger partial charge in [-0.15, -0.1) is 11.3 Å². The van der Waals surface area contributed by atoms with E-state index in [1.807, 2.05) is 12.1 Å². The van der Waals surface area contributed by atoms with E-state index in [-0.39, 0.29) is 12.8 Å². The van der Waals surface area contributed by atoms with E-state index in [0.29, 0.717) is 10.6 Å². The fourth-order valence-corrected chi connectivity index (χ4v) is 2.94. The molecular formula is C12H11BrO4S. The molecule has 1 aromatic heterocycles. The van der Waals surface area contributed by atoms with Crippen LogP contribution in [0.25, 0.3) is 10.1 Å². The van der Waals surface area contributed by atoms with Gasteiger partial charge in [0.1, 0.15) is 10.6 Å². The fraction of sp³-hybridized carbons (Fsp3) is 0.250. The van der Waals surface area contributed by atoms with Crippen LogP contribution in [0.3, 0.4) is 0 Å². The summed E-state index contributed by atoms with van der Waals surface area (Å²) in [6, 6.07) is 5.58. The quantitative estimate of drug-likeness (QED) is 0.636. The molecule has 0 atom stereocenters. The van der Waals surface area contributed by atoms with Crippen LogP contribution in [0.1, 0.15) is 9.67 Å². The number of ether oxygens (including phenoxy) is 3. The molecule has 0 bridgehead atoms. The van der Waals surface area contributed by atoms with Crippen LogP contribution in [0, 0.1) is 0 Å². The highest BCUT2D eigenvalue weighted by Gasteiger charge is 2.12. The van der Waals surface area contributed by atoms with Crippen LogP contribution in [-0.4, -0.2) is 27.0 Å². The Balaban J connectivity index is 2.40. The van der Waals surface area contributed by atoms with Crippen LogP contribution < -0.4 is 4.74 Å². The number of carbonyl (C=O) groups excluding carboxylic acids is 1. The van der Waals surface area contributed by atoms with Gasteiger partial charge in [0.25, 0.3) is 0 Å². The van der Waals surface area contributed by atoms with Gasteiger partial charge < -0.3 is 14.2 Å². The first-order chi connectivity index (χ1) is 8.65. The third kappa shape index (κ3) is 2.66. The van der Waals surface area contributed by atoms with Gasteiger partial charge in [0, 0.05) is 11.8 Å². The number of esters is 1. The van der Waals surface area contributed by atoms with E-state index in [1.165, 1.54) is 18.4 Å². The molecule has 0 saturated carbocycles. The fourth-order valence-electron chi connectivity index (χ4n) is 1.47. The molecule has 1 aromatic carbocycles. The lowest BCUT2D eigenvalue weighted by atomic mass is 10.2. The molecule has 0 aliphatic carbocycles. The molecule has 0 fully saturated rings. The molecule has 4 nitrogen and oxygen atoms in total. The molecule has 1 heterocycles. The minimum Gasteiger partial charge on any atom is -0.466 e. The maximum Gasteiger partial charge on any atom is 0.348 e. The molecule has 0 aliphatic heterocycles. The third-order valence-electron chi connectivity index (χ3n) is 2.29. The van der Waals surface area contributed by atoms with E-state index < -0.39 is 0 Å². The SMILES string of the molecule is COCOc1cc2sc(C(=O)OC)cc2cc1Br. The van der Waals surface area contributed by atoms with Crippen molar-refractivity contribution in [3.63, 3.8) is 0 Å². The predicted molar refractivity (Wildman–Crippen MR) is 73.4 cm³/mol. The lowest BCUT2D eigenvalue weighted by molar-refractivity contribution is 0.0507. The average Bonchev–Trinajstić information content (AvgIpc) is 2.77. The molecule has 0 N–H and O–H groups in total. The molecule has 0 radical (unpaired) electrons. The number of methoxy groups -OCH3 is 2. The summed E-state index contributed by atoms with van der Waals surface area (Å²) in [5.74, 6) is 0.356. The smallest absolute Gasteiger partial charge is 0.348 e. The van der Waals surface area contributed by atoms with Crippen LogP contribution in [0.5, 0.6) is 5.75 Å². The topological polar surface area (TPSA) is 44.8 Å². The molecule has 0 spiro atoms. The van der Waals surface area contributed by atoms with Crippen molar-refractivity contribution < 1.29 is 19.0 Å². The first-order valence-electron chi connectivity index (χ1n) is 5.09. The summed E-state index contributed by atoms with van der Waals surface area (Å²) in [5, 5.41) is 0.969. The maximum atomic E-state index is 11.5. The zero-order chi connectivity index (χ0) is 13.1. The van der Waals surface area contributed by atoms with Crippen LogP contribution in [0.15, 0.2) is 22.7 Å². The van der Waals surface area contributed by atoms with Gasteiger partial charge in [-0.05, 0) is 39.5 Å². The second kappa shape index (κ2) is 5.69. The zero-order valence-electron chi connectivity index (χ0n) is 9.86. The summed E-state index contributed by atoms with van der Waals surface area (Å²) >= 11 is 4.79. The Morgan fingerprint density at radius 3 is 2.78 bits per heavy atom. The summed E-state index contributed by atoms with van der Waals surface area (Å²) in [4.78, 5) is 12.0. The molecular weight excluding hydrogens is 320 g/mol. The number of rotatable bonds is 4. The van der Waals surface area contributed by atoms with Gasteiger partial charge in [-0.2, -0.15) is 0 Å². The third-order valence-corrected chi connectivity index (χ3v) is 3.99. The van der Waals surface area contributed by atoms with E-state index in [4.69, 9.17) is 14.2 Å². The molecule has 0 aliphatic rings. The van der Waals surface area contributed by atoms with E-state index in [1.54, 1.807) is 13.2 Å². The van der Waals surface area contributed by atoms with Gasteiger partial charge in [-0.25, -0.2) is 4.79 Å². The minimum absolute atomic E-state index is 0.180. The largest absolute Gasteiger partial charge is 0.466 e. The van der Waals surface area contributed by atoms with Crippen LogP contribution >= 0.6 is 27.3 Å². The standard InChI is InChI=1S/C12H11BrO4S/c1-15-6-17-9-5-10-7(3-8(9)13)4-11(18-10)12(14)16-2/h3-5H,6H2,1-2H3. The predicted octanol–water partition coefficient (Wildman–Crippen LogP) is 3.43. The Labute approximate surface area is 117 Å². The van der Waals surface area contributed by atoms with Gasteiger partial charge in [0.2, 0.25) is 0 Å². The molecule has 2 rings (SSSR count). The van der Waals surface area contributed by atoms with Gasteiger partial charge in [0.15, 0.2) is 6.79 Å². The second-order valence-electron chi connectivity index (χ2n) is 3.47. The van der Waals surface area contributed by atoms with E-state index in [9.17, 15) is 4.79 Å². The van der Waals surface area contributed by atoms with Crippen LogP contribution in [0.2, 0.25) is 0 Å². The number of carbonyl (C=O) groups is 1.